The molecule has 1 heterocycles. The second-order valence-electron chi connectivity index (χ2n) is 7.49. The highest BCUT2D eigenvalue weighted by Gasteiger charge is 2.42. The van der Waals surface area contributed by atoms with Gasteiger partial charge in [-0.2, -0.15) is 0 Å². The summed E-state index contributed by atoms with van der Waals surface area (Å²) in [4.78, 5) is 15.1. The van der Waals surface area contributed by atoms with Crippen LogP contribution in [0.4, 0.5) is 5.69 Å². The predicted octanol–water partition coefficient (Wildman–Crippen LogP) is 4.65. The number of carbonyl (C=O) groups excluding carboxylic acids is 1. The third-order valence-corrected chi connectivity index (χ3v) is 5.48. The van der Waals surface area contributed by atoms with Gasteiger partial charge in [0.2, 0.25) is 0 Å². The van der Waals surface area contributed by atoms with Crippen LogP contribution in [0.25, 0.3) is 0 Å². The molecule has 0 spiro atoms. The van der Waals surface area contributed by atoms with Crippen molar-refractivity contribution < 1.29 is 14.3 Å². The quantitative estimate of drug-likeness (QED) is 0.625. The Morgan fingerprint density at radius 3 is 2.53 bits per heavy atom. The summed E-state index contributed by atoms with van der Waals surface area (Å²) in [5.74, 6) is 0.747. The van der Waals surface area contributed by atoms with E-state index in [0.29, 0.717) is 25.3 Å². The van der Waals surface area contributed by atoms with E-state index < -0.39 is 5.66 Å². The number of carbonyl (C=O) groups is 1. The third kappa shape index (κ3) is 3.89. The monoisotopic (exact) mass is 402 g/mol. The van der Waals surface area contributed by atoms with Crippen LogP contribution >= 0.6 is 0 Å². The second-order valence-corrected chi connectivity index (χ2v) is 7.49. The molecule has 3 aromatic carbocycles. The summed E-state index contributed by atoms with van der Waals surface area (Å²) < 4.78 is 11.3. The largest absolute Gasteiger partial charge is 0.489 e. The lowest BCUT2D eigenvalue weighted by molar-refractivity contribution is 0.0437. The maximum Gasteiger partial charge on any atom is 0.258 e. The van der Waals surface area contributed by atoms with E-state index in [4.69, 9.17) is 9.47 Å². The number of benzene rings is 3. The fraction of sp³-hybridized carbons (Fsp3) is 0.240. The van der Waals surface area contributed by atoms with Crippen molar-refractivity contribution in [2.75, 3.05) is 25.6 Å². The maximum absolute atomic E-state index is 13.3. The van der Waals surface area contributed by atoms with Crippen molar-refractivity contribution in [2.24, 2.45) is 0 Å². The molecule has 4 rings (SSSR count). The van der Waals surface area contributed by atoms with Crippen molar-refractivity contribution in [1.29, 1.82) is 0 Å². The van der Waals surface area contributed by atoms with Crippen LogP contribution in [0.2, 0.25) is 0 Å². The zero-order chi connectivity index (χ0) is 21.0. The molecular formula is C25H26N2O3. The molecule has 0 fully saturated rings. The van der Waals surface area contributed by atoms with Crippen LogP contribution in [0.5, 0.6) is 5.75 Å². The number of amides is 1. The van der Waals surface area contributed by atoms with Gasteiger partial charge in [-0.1, -0.05) is 54.6 Å². The molecule has 1 unspecified atom stereocenters. The van der Waals surface area contributed by atoms with Crippen LogP contribution in [0, 0.1) is 0 Å². The zero-order valence-corrected chi connectivity index (χ0v) is 17.3. The lowest BCUT2D eigenvalue weighted by Crippen LogP contribution is -2.56. The molecule has 3 aromatic rings. The van der Waals surface area contributed by atoms with Gasteiger partial charge in [0.15, 0.2) is 0 Å². The van der Waals surface area contributed by atoms with Crippen LogP contribution in [0.1, 0.15) is 28.4 Å². The number of fused-ring (bicyclic) bond motifs is 1. The molecule has 1 atom stereocenters. The minimum atomic E-state index is -0.726. The normalized spacial score (nSPS) is 17.9. The molecule has 5 nitrogen and oxygen atoms in total. The van der Waals surface area contributed by atoms with Gasteiger partial charge in [0.05, 0.1) is 12.2 Å². The highest BCUT2D eigenvalue weighted by atomic mass is 16.5. The van der Waals surface area contributed by atoms with Crippen LogP contribution in [0.15, 0.2) is 78.9 Å². The maximum atomic E-state index is 13.3. The number of para-hydroxylation sites is 1. The molecule has 0 aromatic heterocycles. The summed E-state index contributed by atoms with van der Waals surface area (Å²) in [6.07, 6.45) is 0. The molecule has 0 bridgehead atoms. The lowest BCUT2D eigenvalue weighted by Gasteiger charge is -2.46. The number of ether oxygens (including phenoxy) is 2. The van der Waals surface area contributed by atoms with Gasteiger partial charge in [-0.3, -0.25) is 4.79 Å². The minimum absolute atomic E-state index is 0.0143. The molecule has 30 heavy (non-hydrogen) atoms. The van der Waals surface area contributed by atoms with Gasteiger partial charge in [0.25, 0.3) is 5.91 Å². The molecule has 1 N–H and O–H groups in total. The zero-order valence-electron chi connectivity index (χ0n) is 17.3. The summed E-state index contributed by atoms with van der Waals surface area (Å²) in [5.41, 5.74) is 2.83. The van der Waals surface area contributed by atoms with Gasteiger partial charge >= 0.3 is 0 Å². The molecule has 1 amide bonds. The van der Waals surface area contributed by atoms with E-state index >= 15 is 0 Å². The lowest BCUT2D eigenvalue weighted by atomic mass is 9.93. The predicted molar refractivity (Wildman–Crippen MR) is 118 cm³/mol. The van der Waals surface area contributed by atoms with Crippen LogP contribution in [-0.2, 0) is 17.0 Å². The molecular weight excluding hydrogens is 376 g/mol. The van der Waals surface area contributed by atoms with Crippen molar-refractivity contribution in [3.05, 3.63) is 95.6 Å². The van der Waals surface area contributed by atoms with E-state index in [1.165, 1.54) is 0 Å². The number of hydrogen-bond donors (Lipinski definition) is 1. The first-order valence-corrected chi connectivity index (χ1v) is 10.1. The fourth-order valence-electron chi connectivity index (χ4n) is 3.82. The average molecular weight is 402 g/mol. The summed E-state index contributed by atoms with van der Waals surface area (Å²) in [5, 5.41) is 3.57. The summed E-state index contributed by atoms with van der Waals surface area (Å²) in [6, 6.07) is 25.6. The molecule has 5 heteroatoms. The summed E-state index contributed by atoms with van der Waals surface area (Å²) in [6.45, 7) is 3.44. The first-order chi connectivity index (χ1) is 14.6. The number of anilines is 1. The number of methoxy groups -OCH3 is 1. The van der Waals surface area contributed by atoms with Crippen molar-refractivity contribution in [2.45, 2.75) is 19.2 Å². The van der Waals surface area contributed by atoms with Crippen LogP contribution < -0.4 is 10.1 Å². The molecule has 154 valence electrons. The standard InChI is InChI=1S/C25H26N2O3/c1-25(20-11-8-12-21(17-20)30-18-19-9-4-3-5-10-19)26-23-14-7-6-13-22(23)24(28)27(25)15-16-29-2/h3-14,17,26H,15-16,18H2,1-2H3. The van der Waals surface area contributed by atoms with E-state index in [1.54, 1.807) is 7.11 Å². The summed E-state index contributed by atoms with van der Waals surface area (Å²) >= 11 is 0. The van der Waals surface area contributed by atoms with E-state index in [2.05, 4.69) is 5.32 Å². The van der Waals surface area contributed by atoms with Gasteiger partial charge in [-0.15, -0.1) is 0 Å². The minimum Gasteiger partial charge on any atom is -0.489 e. The topological polar surface area (TPSA) is 50.8 Å². The smallest absolute Gasteiger partial charge is 0.258 e. The SMILES string of the molecule is COCCN1C(=O)c2ccccc2NC1(C)c1cccc(OCc2ccccc2)c1. The molecule has 0 saturated carbocycles. The van der Waals surface area contributed by atoms with Gasteiger partial charge < -0.3 is 19.7 Å². The van der Waals surface area contributed by atoms with E-state index in [9.17, 15) is 4.79 Å². The molecule has 1 aliphatic heterocycles. The Balaban J connectivity index is 1.65. The first kappa shape index (κ1) is 20.0. The van der Waals surface area contributed by atoms with E-state index in [1.807, 2.05) is 90.7 Å². The molecule has 0 saturated heterocycles. The van der Waals surface area contributed by atoms with E-state index in [-0.39, 0.29) is 5.91 Å². The summed E-state index contributed by atoms with van der Waals surface area (Å²) in [7, 11) is 1.64. The molecule has 0 radical (unpaired) electrons. The highest BCUT2D eigenvalue weighted by molar-refractivity contribution is 6.02. The van der Waals surface area contributed by atoms with E-state index in [0.717, 1.165) is 22.6 Å². The number of hydrogen-bond acceptors (Lipinski definition) is 4. The Hall–Kier alpha value is -3.31. The Labute approximate surface area is 177 Å². The third-order valence-electron chi connectivity index (χ3n) is 5.48. The van der Waals surface area contributed by atoms with Crippen molar-refractivity contribution in [3.8, 4) is 5.75 Å². The van der Waals surface area contributed by atoms with Gasteiger partial charge in [-0.25, -0.2) is 0 Å². The van der Waals surface area contributed by atoms with Crippen molar-refractivity contribution in [1.82, 2.24) is 4.90 Å². The number of nitrogens with zero attached hydrogens (tertiary/aromatic N) is 1. The Morgan fingerprint density at radius 1 is 0.967 bits per heavy atom. The van der Waals surface area contributed by atoms with Crippen molar-refractivity contribution in [3.63, 3.8) is 0 Å². The Bertz CT molecular complexity index is 1020. The van der Waals surface area contributed by atoms with Crippen molar-refractivity contribution >= 4 is 11.6 Å². The van der Waals surface area contributed by atoms with Gasteiger partial charge in [-0.05, 0) is 36.8 Å². The second kappa shape index (κ2) is 8.59. The Morgan fingerprint density at radius 2 is 1.73 bits per heavy atom. The highest BCUT2D eigenvalue weighted by Crippen LogP contribution is 2.38. The Kier molecular flexibility index (Phi) is 5.72. The molecule has 1 aliphatic rings. The van der Waals surface area contributed by atoms with Gasteiger partial charge in [0.1, 0.15) is 18.0 Å². The average Bonchev–Trinajstić information content (AvgIpc) is 2.78. The van der Waals surface area contributed by atoms with Gasteiger partial charge in [0, 0.05) is 24.9 Å². The number of nitrogens with one attached hydrogen (secondary N) is 1. The molecule has 0 aliphatic carbocycles. The van der Waals surface area contributed by atoms with Crippen LogP contribution in [-0.4, -0.2) is 31.1 Å². The van der Waals surface area contributed by atoms with Crippen LogP contribution in [0.3, 0.4) is 0 Å². The first-order valence-electron chi connectivity index (χ1n) is 10.1. The number of rotatable bonds is 7. The fourth-order valence-corrected chi connectivity index (χ4v) is 3.82.